The highest BCUT2D eigenvalue weighted by Gasteiger charge is 2.24. The first-order valence-electron chi connectivity index (χ1n) is 8.74. The van der Waals surface area contributed by atoms with Gasteiger partial charge in [-0.05, 0) is 37.8 Å². The smallest absolute Gasteiger partial charge is 0.291 e. The van der Waals surface area contributed by atoms with Gasteiger partial charge in [-0.2, -0.15) is 0 Å². The van der Waals surface area contributed by atoms with Crippen molar-refractivity contribution in [1.82, 2.24) is 20.1 Å². The van der Waals surface area contributed by atoms with Gasteiger partial charge in [0.2, 0.25) is 5.82 Å². The maximum Gasteiger partial charge on any atom is 0.291 e. The molecule has 2 aromatic rings. The second-order valence-electron chi connectivity index (χ2n) is 6.90. The molecule has 0 aliphatic heterocycles. The van der Waals surface area contributed by atoms with Crippen LogP contribution < -0.4 is 11.1 Å². The number of nitrogens with zero attached hydrogens (tertiary/aromatic N) is 3. The Morgan fingerprint density at radius 1 is 1.28 bits per heavy atom. The molecule has 1 fully saturated rings. The predicted octanol–water partition coefficient (Wildman–Crippen LogP) is 2.53. The Labute approximate surface area is 146 Å². The van der Waals surface area contributed by atoms with Crippen LogP contribution in [0.15, 0.2) is 24.3 Å². The summed E-state index contributed by atoms with van der Waals surface area (Å²) < 4.78 is 15.6. The van der Waals surface area contributed by atoms with Crippen LogP contribution in [0.3, 0.4) is 0 Å². The molecular formula is C18H24FN5O. The van der Waals surface area contributed by atoms with E-state index in [0.717, 1.165) is 25.7 Å². The van der Waals surface area contributed by atoms with Crippen LogP contribution in [0.1, 0.15) is 61.9 Å². The number of hydrogen-bond donors (Lipinski definition) is 2. The van der Waals surface area contributed by atoms with Gasteiger partial charge in [0.15, 0.2) is 0 Å². The second-order valence-corrected chi connectivity index (χ2v) is 6.90. The number of carbonyl (C=O) groups excluding carboxylic acids is 1. The van der Waals surface area contributed by atoms with Gasteiger partial charge in [0, 0.05) is 18.0 Å². The minimum atomic E-state index is -0.400. The number of para-hydroxylation sites is 1. The zero-order chi connectivity index (χ0) is 18.0. The lowest BCUT2D eigenvalue weighted by atomic mass is 9.92. The molecule has 0 radical (unpaired) electrons. The summed E-state index contributed by atoms with van der Waals surface area (Å²) in [5.41, 5.74) is 6.19. The average molecular weight is 345 g/mol. The first kappa shape index (κ1) is 17.5. The van der Waals surface area contributed by atoms with Crippen LogP contribution >= 0.6 is 0 Å². The van der Waals surface area contributed by atoms with Gasteiger partial charge in [-0.25, -0.2) is 14.1 Å². The number of nitrogens with two attached hydrogens (primary N) is 1. The quantitative estimate of drug-likeness (QED) is 0.891. The van der Waals surface area contributed by atoms with E-state index in [1.54, 1.807) is 18.2 Å². The van der Waals surface area contributed by atoms with Gasteiger partial charge in [-0.3, -0.25) is 4.79 Å². The fourth-order valence-corrected chi connectivity index (χ4v) is 3.11. The molecule has 0 saturated heterocycles. The Balaban J connectivity index is 1.84. The van der Waals surface area contributed by atoms with Gasteiger partial charge in [0.25, 0.3) is 5.91 Å². The number of aromatic nitrogens is 3. The Morgan fingerprint density at radius 3 is 2.60 bits per heavy atom. The van der Waals surface area contributed by atoms with Crippen molar-refractivity contribution in [2.75, 3.05) is 0 Å². The van der Waals surface area contributed by atoms with E-state index in [1.807, 2.05) is 13.8 Å². The van der Waals surface area contributed by atoms with Gasteiger partial charge in [0.1, 0.15) is 17.3 Å². The molecule has 6 nitrogen and oxygen atoms in total. The zero-order valence-electron chi connectivity index (χ0n) is 14.6. The fourth-order valence-electron chi connectivity index (χ4n) is 3.11. The maximum absolute atomic E-state index is 14.1. The fraction of sp³-hybridized carbons (Fsp3) is 0.500. The van der Waals surface area contributed by atoms with Gasteiger partial charge in [-0.15, -0.1) is 5.10 Å². The van der Waals surface area contributed by atoms with E-state index in [-0.39, 0.29) is 29.7 Å². The third kappa shape index (κ3) is 3.87. The third-order valence-electron chi connectivity index (χ3n) is 4.54. The lowest BCUT2D eigenvalue weighted by Gasteiger charge is -2.26. The molecule has 1 amide bonds. The first-order valence-corrected chi connectivity index (χ1v) is 8.74. The molecule has 0 spiro atoms. The molecular weight excluding hydrogens is 321 g/mol. The average Bonchev–Trinajstić information content (AvgIpc) is 3.03. The molecule has 0 unspecified atom stereocenters. The molecule has 1 aromatic carbocycles. The van der Waals surface area contributed by atoms with Crippen molar-refractivity contribution in [1.29, 1.82) is 0 Å². The third-order valence-corrected chi connectivity index (χ3v) is 4.54. The van der Waals surface area contributed by atoms with Crippen LogP contribution in [0.25, 0.3) is 5.69 Å². The van der Waals surface area contributed by atoms with E-state index in [1.165, 1.54) is 10.7 Å². The number of carbonyl (C=O) groups is 1. The molecule has 1 saturated carbocycles. The van der Waals surface area contributed by atoms with Gasteiger partial charge >= 0.3 is 0 Å². The van der Waals surface area contributed by atoms with E-state index >= 15 is 0 Å². The van der Waals surface area contributed by atoms with Crippen molar-refractivity contribution in [3.05, 3.63) is 41.7 Å². The minimum absolute atomic E-state index is 0.00124. The number of rotatable bonds is 4. The summed E-state index contributed by atoms with van der Waals surface area (Å²) in [6.07, 6.45) is 3.52. The molecule has 3 N–H and O–H groups in total. The van der Waals surface area contributed by atoms with Crippen molar-refractivity contribution >= 4 is 5.91 Å². The molecule has 1 aliphatic rings. The highest BCUT2D eigenvalue weighted by atomic mass is 19.1. The molecule has 1 aromatic heterocycles. The summed E-state index contributed by atoms with van der Waals surface area (Å²) >= 11 is 0. The number of benzene rings is 1. The number of amides is 1. The lowest BCUT2D eigenvalue weighted by Crippen LogP contribution is -2.40. The lowest BCUT2D eigenvalue weighted by molar-refractivity contribution is 0.0915. The first-order chi connectivity index (χ1) is 12.0. The monoisotopic (exact) mass is 345 g/mol. The number of nitrogens with one attached hydrogen (secondary N) is 1. The van der Waals surface area contributed by atoms with E-state index in [4.69, 9.17) is 5.73 Å². The number of halogens is 1. The summed E-state index contributed by atoms with van der Waals surface area (Å²) in [7, 11) is 0. The topological polar surface area (TPSA) is 85.8 Å². The van der Waals surface area contributed by atoms with Crippen molar-refractivity contribution in [3.63, 3.8) is 0 Å². The summed E-state index contributed by atoms with van der Waals surface area (Å²) in [6, 6.07) is 6.66. The van der Waals surface area contributed by atoms with Crippen LogP contribution in [0.5, 0.6) is 0 Å². The van der Waals surface area contributed by atoms with E-state index in [2.05, 4.69) is 15.4 Å². The molecule has 0 bridgehead atoms. The summed E-state index contributed by atoms with van der Waals surface area (Å²) in [4.78, 5) is 16.9. The molecule has 1 aliphatic carbocycles. The summed E-state index contributed by atoms with van der Waals surface area (Å²) in [5, 5.41) is 7.25. The minimum Gasteiger partial charge on any atom is -0.347 e. The largest absolute Gasteiger partial charge is 0.347 e. The predicted molar refractivity (Wildman–Crippen MR) is 93.1 cm³/mol. The van der Waals surface area contributed by atoms with Crippen molar-refractivity contribution < 1.29 is 9.18 Å². The SMILES string of the molecule is CC(C)c1nc(C(=O)NC2CCC(N)CC2)nn1-c1ccccc1F. The van der Waals surface area contributed by atoms with Crippen molar-refractivity contribution in [3.8, 4) is 5.69 Å². The number of hydrogen-bond acceptors (Lipinski definition) is 4. The highest BCUT2D eigenvalue weighted by Crippen LogP contribution is 2.20. The molecule has 7 heteroatoms. The molecule has 134 valence electrons. The van der Waals surface area contributed by atoms with Gasteiger partial charge in [-0.1, -0.05) is 26.0 Å². The van der Waals surface area contributed by atoms with Crippen LogP contribution in [-0.4, -0.2) is 32.8 Å². The standard InChI is InChI=1S/C18H24FN5O/c1-11(2)17-22-16(18(25)21-13-9-7-12(20)8-10-13)23-24(17)15-6-4-3-5-14(15)19/h3-6,11-13H,7-10,20H2,1-2H3,(H,21,25). The zero-order valence-corrected chi connectivity index (χ0v) is 14.6. The summed E-state index contributed by atoms with van der Waals surface area (Å²) in [6.45, 7) is 3.87. The Kier molecular flexibility index (Phi) is 5.13. The van der Waals surface area contributed by atoms with E-state index < -0.39 is 5.82 Å². The maximum atomic E-state index is 14.1. The van der Waals surface area contributed by atoms with E-state index in [9.17, 15) is 9.18 Å². The Morgan fingerprint density at radius 2 is 1.96 bits per heavy atom. The van der Waals surface area contributed by atoms with Crippen LogP contribution in [0, 0.1) is 5.82 Å². The van der Waals surface area contributed by atoms with Crippen LogP contribution in [0.4, 0.5) is 4.39 Å². The van der Waals surface area contributed by atoms with Crippen molar-refractivity contribution in [2.45, 2.75) is 57.5 Å². The molecule has 25 heavy (non-hydrogen) atoms. The highest BCUT2D eigenvalue weighted by molar-refractivity contribution is 5.90. The Bertz CT molecular complexity index is 750. The van der Waals surface area contributed by atoms with Crippen LogP contribution in [-0.2, 0) is 0 Å². The summed E-state index contributed by atoms with van der Waals surface area (Å²) in [5.74, 6) is -0.0935. The van der Waals surface area contributed by atoms with Gasteiger partial charge < -0.3 is 11.1 Å². The molecule has 0 atom stereocenters. The van der Waals surface area contributed by atoms with Crippen molar-refractivity contribution in [2.24, 2.45) is 5.73 Å². The van der Waals surface area contributed by atoms with E-state index in [0.29, 0.717) is 11.5 Å². The molecule has 3 rings (SSSR count). The normalized spacial score (nSPS) is 20.7. The second kappa shape index (κ2) is 7.31. The van der Waals surface area contributed by atoms with Gasteiger partial charge in [0.05, 0.1) is 0 Å². The molecule has 1 heterocycles. The van der Waals surface area contributed by atoms with Crippen LogP contribution in [0.2, 0.25) is 0 Å². The Hall–Kier alpha value is -2.28.